The number of carbonyl (C=O) groups excluding carboxylic acids is 1. The van der Waals surface area contributed by atoms with Crippen molar-refractivity contribution in [3.05, 3.63) is 52.5 Å². The average molecular weight is 337 g/mol. The molecule has 0 fully saturated rings. The third-order valence-electron chi connectivity index (χ3n) is 3.01. The molecule has 2 aromatic carbocycles. The van der Waals surface area contributed by atoms with Crippen molar-refractivity contribution in [2.24, 2.45) is 4.99 Å². The second kappa shape index (κ2) is 6.32. The monoisotopic (exact) mass is 336 g/mol. The van der Waals surface area contributed by atoms with Gasteiger partial charge in [-0.15, -0.1) is 0 Å². The van der Waals surface area contributed by atoms with E-state index >= 15 is 0 Å². The van der Waals surface area contributed by atoms with Crippen LogP contribution in [0.2, 0.25) is 5.02 Å². The molecule has 114 valence electrons. The number of nitrogens with one attached hydrogen (secondary N) is 1. The minimum atomic E-state index is -3.99. The summed E-state index contributed by atoms with van der Waals surface area (Å²) in [6.07, 6.45) is 1.33. The zero-order chi connectivity index (χ0) is 16.3. The van der Waals surface area contributed by atoms with Gasteiger partial charge in [-0.3, -0.25) is 4.72 Å². The number of aryl methyl sites for hydroxylation is 2. The third-order valence-corrected chi connectivity index (χ3v) is 4.89. The standard InChI is InChI=1S/C15H13ClN2O3S/c1-10-6-7-13(11(2)8-10)18-22(20,21)15-12(16)4-3-5-14(15)17-9-19/h3-8,18H,1-2H3. The van der Waals surface area contributed by atoms with Crippen LogP contribution >= 0.6 is 11.6 Å². The van der Waals surface area contributed by atoms with Crippen molar-refractivity contribution in [2.75, 3.05) is 4.72 Å². The van der Waals surface area contributed by atoms with Gasteiger partial charge >= 0.3 is 0 Å². The summed E-state index contributed by atoms with van der Waals surface area (Å²) in [6.45, 7) is 3.71. The van der Waals surface area contributed by atoms with Gasteiger partial charge in [0, 0.05) is 0 Å². The number of hydrogen-bond acceptors (Lipinski definition) is 4. The summed E-state index contributed by atoms with van der Waals surface area (Å²) >= 11 is 5.97. The molecule has 0 aromatic heterocycles. The Morgan fingerprint density at radius 1 is 1.18 bits per heavy atom. The van der Waals surface area contributed by atoms with Crippen LogP contribution in [-0.4, -0.2) is 14.5 Å². The highest BCUT2D eigenvalue weighted by atomic mass is 35.5. The van der Waals surface area contributed by atoms with Crippen molar-refractivity contribution >= 4 is 39.1 Å². The van der Waals surface area contributed by atoms with Gasteiger partial charge in [0.15, 0.2) is 0 Å². The minimum absolute atomic E-state index is 0.0197. The largest absolute Gasteiger partial charge is 0.279 e. The van der Waals surface area contributed by atoms with Gasteiger partial charge in [-0.25, -0.2) is 13.2 Å². The molecule has 0 heterocycles. The molecule has 0 aliphatic rings. The summed E-state index contributed by atoms with van der Waals surface area (Å²) in [7, 11) is -3.99. The predicted molar refractivity (Wildman–Crippen MR) is 86.0 cm³/mol. The van der Waals surface area contributed by atoms with Crippen molar-refractivity contribution in [1.82, 2.24) is 0 Å². The number of benzene rings is 2. The Labute approximate surface area is 133 Å². The van der Waals surface area contributed by atoms with E-state index in [9.17, 15) is 13.2 Å². The molecule has 0 aliphatic heterocycles. The maximum Gasteiger partial charge on any atom is 0.265 e. The molecule has 0 atom stereocenters. The quantitative estimate of drug-likeness (QED) is 0.682. The fourth-order valence-electron chi connectivity index (χ4n) is 2.02. The van der Waals surface area contributed by atoms with Gasteiger partial charge in [-0.05, 0) is 37.6 Å². The second-order valence-corrected chi connectivity index (χ2v) is 6.74. The SMILES string of the molecule is Cc1ccc(NS(=O)(=O)c2c(Cl)cccc2N=C=O)c(C)c1. The lowest BCUT2D eigenvalue weighted by atomic mass is 10.1. The van der Waals surface area contributed by atoms with E-state index in [1.54, 1.807) is 19.1 Å². The van der Waals surface area contributed by atoms with E-state index in [4.69, 9.17) is 11.6 Å². The van der Waals surface area contributed by atoms with Crippen molar-refractivity contribution < 1.29 is 13.2 Å². The highest BCUT2D eigenvalue weighted by Gasteiger charge is 2.23. The van der Waals surface area contributed by atoms with E-state index in [0.717, 1.165) is 11.1 Å². The molecule has 0 aliphatic carbocycles. The number of sulfonamides is 1. The number of hydrogen-bond donors (Lipinski definition) is 1. The lowest BCUT2D eigenvalue weighted by Gasteiger charge is -2.13. The topological polar surface area (TPSA) is 75.6 Å². The zero-order valence-corrected chi connectivity index (χ0v) is 13.5. The zero-order valence-electron chi connectivity index (χ0n) is 11.9. The van der Waals surface area contributed by atoms with E-state index in [-0.39, 0.29) is 15.6 Å². The number of anilines is 1. The van der Waals surface area contributed by atoms with E-state index in [1.807, 2.05) is 13.0 Å². The number of halogens is 1. The molecule has 0 amide bonds. The first-order valence-corrected chi connectivity index (χ1v) is 8.18. The normalized spacial score (nSPS) is 10.9. The van der Waals surface area contributed by atoms with Gasteiger partial charge in [-0.2, -0.15) is 4.99 Å². The number of isocyanates is 1. The first-order valence-electron chi connectivity index (χ1n) is 6.31. The Morgan fingerprint density at radius 3 is 2.55 bits per heavy atom. The number of aliphatic imine (C=N–C) groups is 1. The lowest BCUT2D eigenvalue weighted by Crippen LogP contribution is -2.14. The maximum absolute atomic E-state index is 12.6. The fraction of sp³-hybridized carbons (Fsp3) is 0.133. The molecule has 7 heteroatoms. The van der Waals surface area contributed by atoms with E-state index in [0.29, 0.717) is 5.69 Å². The van der Waals surface area contributed by atoms with Crippen LogP contribution in [0.1, 0.15) is 11.1 Å². The summed E-state index contributed by atoms with van der Waals surface area (Å²) in [6, 6.07) is 9.63. The van der Waals surface area contributed by atoms with Gasteiger partial charge in [0.25, 0.3) is 10.0 Å². The molecule has 0 bridgehead atoms. The van der Waals surface area contributed by atoms with Crippen molar-refractivity contribution in [1.29, 1.82) is 0 Å². The molecule has 5 nitrogen and oxygen atoms in total. The molecular weight excluding hydrogens is 324 g/mol. The molecule has 0 saturated heterocycles. The molecule has 2 aromatic rings. The van der Waals surface area contributed by atoms with Crippen LogP contribution in [0.25, 0.3) is 0 Å². The van der Waals surface area contributed by atoms with Gasteiger partial charge in [-0.1, -0.05) is 35.4 Å². The first-order chi connectivity index (χ1) is 10.3. The second-order valence-electron chi connectivity index (χ2n) is 4.72. The average Bonchev–Trinajstić information content (AvgIpc) is 2.42. The van der Waals surface area contributed by atoms with Crippen LogP contribution < -0.4 is 4.72 Å². The van der Waals surface area contributed by atoms with E-state index < -0.39 is 10.0 Å². The first kappa shape index (κ1) is 16.2. The summed E-state index contributed by atoms with van der Waals surface area (Å²) in [5.41, 5.74) is 2.17. The maximum atomic E-state index is 12.6. The van der Waals surface area contributed by atoms with Crippen molar-refractivity contribution in [3.63, 3.8) is 0 Å². The smallest absolute Gasteiger partial charge is 0.265 e. The van der Waals surface area contributed by atoms with Crippen LogP contribution in [0.5, 0.6) is 0 Å². The molecule has 1 N–H and O–H groups in total. The fourth-order valence-corrected chi connectivity index (χ4v) is 3.83. The number of rotatable bonds is 4. The lowest BCUT2D eigenvalue weighted by molar-refractivity contribution is 0.565. The summed E-state index contributed by atoms with van der Waals surface area (Å²) in [5.74, 6) is 0. The Kier molecular flexibility index (Phi) is 4.66. The molecule has 0 spiro atoms. The van der Waals surface area contributed by atoms with Crippen LogP contribution in [0.3, 0.4) is 0 Å². The van der Waals surface area contributed by atoms with Gasteiger partial charge < -0.3 is 0 Å². The highest BCUT2D eigenvalue weighted by Crippen LogP contribution is 2.33. The van der Waals surface area contributed by atoms with Crippen molar-refractivity contribution in [2.45, 2.75) is 18.7 Å². The Hall–Kier alpha value is -2.14. The van der Waals surface area contributed by atoms with Crippen LogP contribution in [-0.2, 0) is 14.8 Å². The minimum Gasteiger partial charge on any atom is -0.279 e. The molecular formula is C15H13ClN2O3S. The van der Waals surface area contributed by atoms with Crippen LogP contribution in [0.4, 0.5) is 11.4 Å². The van der Waals surface area contributed by atoms with Gasteiger partial charge in [0.1, 0.15) is 4.90 Å². The molecule has 2 rings (SSSR count). The Morgan fingerprint density at radius 2 is 1.91 bits per heavy atom. The Balaban J connectivity index is 2.54. The molecule has 22 heavy (non-hydrogen) atoms. The summed E-state index contributed by atoms with van der Waals surface area (Å²) in [5, 5.41) is -0.0197. The third kappa shape index (κ3) is 3.36. The predicted octanol–water partition coefficient (Wildman–Crippen LogP) is 3.72. The van der Waals surface area contributed by atoms with Gasteiger partial charge in [0.05, 0.1) is 16.4 Å². The Bertz CT molecular complexity index is 872. The molecule has 0 saturated carbocycles. The molecule has 0 radical (unpaired) electrons. The summed E-state index contributed by atoms with van der Waals surface area (Å²) in [4.78, 5) is 13.6. The number of nitrogens with zero attached hydrogens (tertiary/aromatic N) is 1. The van der Waals surface area contributed by atoms with Gasteiger partial charge in [0.2, 0.25) is 6.08 Å². The van der Waals surface area contributed by atoms with E-state index in [1.165, 1.54) is 24.3 Å². The van der Waals surface area contributed by atoms with Crippen LogP contribution in [0, 0.1) is 13.8 Å². The molecule has 0 unspecified atom stereocenters. The van der Waals surface area contributed by atoms with E-state index in [2.05, 4.69) is 9.71 Å². The van der Waals surface area contributed by atoms with Crippen molar-refractivity contribution in [3.8, 4) is 0 Å². The van der Waals surface area contributed by atoms with Crippen LogP contribution in [0.15, 0.2) is 46.3 Å². The summed E-state index contributed by atoms with van der Waals surface area (Å²) < 4.78 is 27.6. The highest BCUT2D eigenvalue weighted by molar-refractivity contribution is 7.93.